The topological polar surface area (TPSA) is 81.5 Å². The highest BCUT2D eigenvalue weighted by molar-refractivity contribution is 14.1. The van der Waals surface area contributed by atoms with Crippen LogP contribution in [0.1, 0.15) is 6.42 Å². The Balaban J connectivity index is 2.70. The maximum atomic E-state index is 10.9. The number of nitrogens with zero attached hydrogens (tertiary/aromatic N) is 1. The number of methoxy groups -OCH3 is 1. The number of hydrogen-bond acceptors (Lipinski definition) is 5. The van der Waals surface area contributed by atoms with Crippen molar-refractivity contribution in [3.05, 3.63) is 31.9 Å². The molecule has 0 saturated heterocycles. The first-order valence-electron chi connectivity index (χ1n) is 4.79. The van der Waals surface area contributed by atoms with Crippen molar-refractivity contribution in [2.45, 2.75) is 6.42 Å². The Labute approximate surface area is 112 Å². The van der Waals surface area contributed by atoms with Gasteiger partial charge in [-0.1, -0.05) is 0 Å². The quantitative estimate of drug-likeness (QED) is 0.381. The van der Waals surface area contributed by atoms with Crippen LogP contribution in [0.5, 0.6) is 0 Å². The smallest absolute Gasteiger partial charge is 0.307 e. The molecule has 17 heavy (non-hydrogen) atoms. The summed E-state index contributed by atoms with van der Waals surface area (Å²) < 4.78 is 5.26. The monoisotopic (exact) mass is 350 g/mol. The fraction of sp³-hybridized carbons (Fsp3) is 0.300. The summed E-state index contributed by atoms with van der Waals surface area (Å²) in [6, 6.07) is 4.85. The molecule has 0 fully saturated rings. The van der Waals surface area contributed by atoms with Gasteiger partial charge in [0.25, 0.3) is 5.69 Å². The molecule has 0 spiro atoms. The molecule has 1 rings (SSSR count). The lowest BCUT2D eigenvalue weighted by Crippen LogP contribution is -2.10. The highest BCUT2D eigenvalue weighted by atomic mass is 127. The Morgan fingerprint density at radius 1 is 1.59 bits per heavy atom. The lowest BCUT2D eigenvalue weighted by molar-refractivity contribution is -0.384. The van der Waals surface area contributed by atoms with E-state index in [-0.39, 0.29) is 18.1 Å². The summed E-state index contributed by atoms with van der Waals surface area (Å²) in [5.41, 5.74) is 0.404. The van der Waals surface area contributed by atoms with Crippen molar-refractivity contribution in [1.29, 1.82) is 0 Å². The molecule has 0 amide bonds. The molecular weight excluding hydrogens is 339 g/mol. The molecule has 0 saturated carbocycles. The third-order valence-electron chi connectivity index (χ3n) is 2.03. The second-order valence-corrected chi connectivity index (χ2v) is 4.42. The van der Waals surface area contributed by atoms with Crippen molar-refractivity contribution in [1.82, 2.24) is 0 Å². The van der Waals surface area contributed by atoms with Crippen molar-refractivity contribution >= 4 is 39.9 Å². The number of carbonyl (C=O) groups excluding carboxylic acids is 1. The van der Waals surface area contributed by atoms with Crippen molar-refractivity contribution in [3.8, 4) is 0 Å². The largest absolute Gasteiger partial charge is 0.469 e. The van der Waals surface area contributed by atoms with Crippen molar-refractivity contribution in [2.24, 2.45) is 0 Å². The molecule has 0 atom stereocenters. The van der Waals surface area contributed by atoms with Gasteiger partial charge in [0.2, 0.25) is 0 Å². The van der Waals surface area contributed by atoms with Crippen LogP contribution in [0.25, 0.3) is 0 Å². The number of nitro groups is 1. The molecule has 1 N–H and O–H groups in total. The van der Waals surface area contributed by atoms with E-state index in [0.29, 0.717) is 12.2 Å². The number of nitro benzene ring substituents is 1. The summed E-state index contributed by atoms with van der Waals surface area (Å²) in [4.78, 5) is 21.2. The fourth-order valence-electron chi connectivity index (χ4n) is 1.21. The van der Waals surface area contributed by atoms with Gasteiger partial charge in [-0.3, -0.25) is 14.9 Å². The molecule has 1 aromatic rings. The number of rotatable bonds is 5. The number of carbonyl (C=O) groups is 1. The molecule has 0 aliphatic carbocycles. The Morgan fingerprint density at radius 2 is 2.29 bits per heavy atom. The van der Waals surface area contributed by atoms with Gasteiger partial charge in [0, 0.05) is 16.2 Å². The lowest BCUT2D eigenvalue weighted by atomic mass is 10.2. The van der Waals surface area contributed by atoms with Crippen LogP contribution in [-0.2, 0) is 9.53 Å². The van der Waals surface area contributed by atoms with Gasteiger partial charge in [0.15, 0.2) is 0 Å². The zero-order valence-electron chi connectivity index (χ0n) is 9.10. The van der Waals surface area contributed by atoms with Crippen LogP contribution in [-0.4, -0.2) is 24.5 Å². The molecule has 0 unspecified atom stereocenters. The van der Waals surface area contributed by atoms with E-state index in [1.54, 1.807) is 12.1 Å². The highest BCUT2D eigenvalue weighted by Gasteiger charge is 2.13. The first-order chi connectivity index (χ1) is 8.04. The number of ether oxygens (including phenoxy) is 1. The van der Waals surface area contributed by atoms with Gasteiger partial charge in [0.1, 0.15) is 5.69 Å². The van der Waals surface area contributed by atoms with E-state index in [9.17, 15) is 14.9 Å². The van der Waals surface area contributed by atoms with E-state index in [2.05, 4.69) is 10.1 Å². The van der Waals surface area contributed by atoms with E-state index in [1.165, 1.54) is 13.2 Å². The average Bonchev–Trinajstić information content (AvgIpc) is 2.30. The summed E-state index contributed by atoms with van der Waals surface area (Å²) in [5, 5.41) is 13.6. The Hall–Kier alpha value is -1.38. The van der Waals surface area contributed by atoms with Gasteiger partial charge in [-0.15, -0.1) is 0 Å². The molecule has 0 heterocycles. The highest BCUT2D eigenvalue weighted by Crippen LogP contribution is 2.26. The van der Waals surface area contributed by atoms with Crippen LogP contribution in [0.2, 0.25) is 0 Å². The second-order valence-electron chi connectivity index (χ2n) is 3.17. The zero-order chi connectivity index (χ0) is 12.8. The van der Waals surface area contributed by atoms with Gasteiger partial charge in [-0.2, -0.15) is 0 Å². The summed E-state index contributed by atoms with van der Waals surface area (Å²) in [5.74, 6) is -0.356. The molecule has 0 aliphatic heterocycles. The first-order valence-corrected chi connectivity index (χ1v) is 5.87. The van der Waals surface area contributed by atoms with E-state index in [1.807, 2.05) is 22.6 Å². The maximum absolute atomic E-state index is 10.9. The van der Waals surface area contributed by atoms with Crippen molar-refractivity contribution in [2.75, 3.05) is 19.0 Å². The number of hydrogen-bond donors (Lipinski definition) is 1. The molecule has 0 aliphatic rings. The number of anilines is 1. The molecule has 0 bridgehead atoms. The first kappa shape index (κ1) is 13.7. The van der Waals surface area contributed by atoms with Gasteiger partial charge < -0.3 is 10.1 Å². The van der Waals surface area contributed by atoms with Crippen molar-refractivity contribution < 1.29 is 14.5 Å². The fourth-order valence-corrected chi connectivity index (χ4v) is 1.68. The van der Waals surface area contributed by atoms with Crippen LogP contribution < -0.4 is 5.32 Å². The molecular formula is C10H11IN2O4. The van der Waals surface area contributed by atoms with Crippen LogP contribution in [0.3, 0.4) is 0 Å². The summed E-state index contributed by atoms with van der Waals surface area (Å²) >= 11 is 2.00. The maximum Gasteiger partial charge on any atom is 0.307 e. The Bertz CT molecular complexity index is 436. The SMILES string of the molecule is COC(=O)CCNc1ccc(I)cc1[N+](=O)[O-]. The second kappa shape index (κ2) is 6.38. The van der Waals surface area contributed by atoms with E-state index in [0.717, 1.165) is 3.57 Å². The average molecular weight is 350 g/mol. The number of benzene rings is 1. The van der Waals surface area contributed by atoms with E-state index in [4.69, 9.17) is 0 Å². The van der Waals surface area contributed by atoms with Crippen LogP contribution >= 0.6 is 22.6 Å². The van der Waals surface area contributed by atoms with Crippen LogP contribution in [0.4, 0.5) is 11.4 Å². The number of halogens is 1. The minimum Gasteiger partial charge on any atom is -0.469 e. The van der Waals surface area contributed by atoms with Crippen LogP contribution in [0, 0.1) is 13.7 Å². The molecule has 0 radical (unpaired) electrons. The molecule has 6 nitrogen and oxygen atoms in total. The molecule has 92 valence electrons. The predicted molar refractivity (Wildman–Crippen MR) is 70.9 cm³/mol. The third-order valence-corrected chi connectivity index (χ3v) is 2.70. The van der Waals surface area contributed by atoms with Gasteiger partial charge in [-0.25, -0.2) is 0 Å². The zero-order valence-corrected chi connectivity index (χ0v) is 11.3. The van der Waals surface area contributed by atoms with E-state index >= 15 is 0 Å². The molecule has 7 heteroatoms. The summed E-state index contributed by atoms with van der Waals surface area (Å²) in [7, 11) is 1.30. The minimum atomic E-state index is -0.456. The molecule has 1 aromatic carbocycles. The third kappa shape index (κ3) is 4.17. The van der Waals surface area contributed by atoms with Crippen molar-refractivity contribution in [3.63, 3.8) is 0 Å². The summed E-state index contributed by atoms with van der Waals surface area (Å²) in [6.45, 7) is 0.300. The van der Waals surface area contributed by atoms with Crippen LogP contribution in [0.15, 0.2) is 18.2 Å². The number of esters is 1. The lowest BCUT2D eigenvalue weighted by Gasteiger charge is -2.06. The standard InChI is InChI=1S/C10H11IN2O4/c1-17-10(14)4-5-12-8-3-2-7(11)6-9(8)13(15)16/h2-3,6,12H,4-5H2,1H3. The van der Waals surface area contributed by atoms with Gasteiger partial charge in [-0.05, 0) is 34.7 Å². The normalized spacial score (nSPS) is 9.76. The Kier molecular flexibility index (Phi) is 5.13. The minimum absolute atomic E-state index is 0.00164. The number of nitrogens with one attached hydrogen (secondary N) is 1. The summed E-state index contributed by atoms with van der Waals surface area (Å²) in [6.07, 6.45) is 0.166. The van der Waals surface area contributed by atoms with Gasteiger partial charge >= 0.3 is 5.97 Å². The predicted octanol–water partition coefficient (Wildman–Crippen LogP) is 2.17. The molecule has 0 aromatic heterocycles. The Morgan fingerprint density at radius 3 is 2.88 bits per heavy atom. The van der Waals surface area contributed by atoms with E-state index < -0.39 is 4.92 Å². The van der Waals surface area contributed by atoms with Gasteiger partial charge in [0.05, 0.1) is 18.5 Å².